The second-order valence-corrected chi connectivity index (χ2v) is 3.60. The fourth-order valence-electron chi connectivity index (χ4n) is 0.633. The van der Waals surface area contributed by atoms with Crippen LogP contribution in [0.3, 0.4) is 0 Å². The highest BCUT2D eigenvalue weighted by Crippen LogP contribution is 2.20. The van der Waals surface area contributed by atoms with Gasteiger partial charge in [0.05, 0.1) is 0 Å². The normalized spacial score (nSPS) is 9.92. The van der Waals surface area contributed by atoms with E-state index >= 15 is 0 Å². The number of carbonyl (C=O) groups excluding carboxylic acids is 1. The number of rotatable bonds is 1. The lowest BCUT2D eigenvalue weighted by atomic mass is 10.3. The van der Waals surface area contributed by atoms with Gasteiger partial charge in [0.2, 0.25) is 0 Å². The molecule has 64 valence electrons. The molecule has 0 aromatic carbocycles. The molecular weight excluding hydrogens is 290 g/mol. The zero-order valence-electron chi connectivity index (χ0n) is 6.14. The number of hydrogen-bond donors (Lipinski definition) is 1. The minimum atomic E-state index is -0.173. The van der Waals surface area contributed by atoms with Crippen molar-refractivity contribution in [2.24, 2.45) is 0 Å². The topological polar surface area (TPSA) is 68.9 Å². The molecule has 0 bridgehead atoms. The van der Waals surface area contributed by atoms with Crippen LogP contribution in [0, 0.1) is 0 Å². The summed E-state index contributed by atoms with van der Waals surface area (Å²) < 4.78 is 0.829. The Morgan fingerprint density at radius 2 is 1.92 bits per heavy atom. The number of hydrogen-bond acceptors (Lipinski definition) is 4. The van der Waals surface area contributed by atoms with Gasteiger partial charge in [0, 0.05) is 6.92 Å². The molecule has 0 saturated carbocycles. The Kier molecular flexibility index (Phi) is 2.79. The van der Waals surface area contributed by atoms with Crippen LogP contribution in [0.1, 0.15) is 17.4 Å². The van der Waals surface area contributed by atoms with E-state index in [4.69, 9.17) is 5.73 Å². The summed E-state index contributed by atoms with van der Waals surface area (Å²) in [6.45, 7) is 1.40. The van der Waals surface area contributed by atoms with E-state index in [0.717, 1.165) is 0 Å². The Bertz CT molecular complexity index is 340. The van der Waals surface area contributed by atoms with Crippen LogP contribution in [-0.2, 0) is 0 Å². The van der Waals surface area contributed by atoms with E-state index in [1.807, 2.05) is 0 Å². The molecule has 0 unspecified atom stereocenters. The summed E-state index contributed by atoms with van der Waals surface area (Å²) in [6, 6.07) is 0. The van der Waals surface area contributed by atoms with Crippen molar-refractivity contribution < 1.29 is 4.79 Å². The molecule has 0 fully saturated rings. The van der Waals surface area contributed by atoms with E-state index < -0.39 is 0 Å². The second-order valence-electron chi connectivity index (χ2n) is 2.10. The Hall–Kier alpha value is -0.490. The minimum Gasteiger partial charge on any atom is -0.381 e. The van der Waals surface area contributed by atoms with Gasteiger partial charge in [-0.2, -0.15) is 0 Å². The van der Waals surface area contributed by atoms with Gasteiger partial charge in [-0.15, -0.1) is 0 Å². The number of nitrogens with zero attached hydrogens (tertiary/aromatic N) is 2. The van der Waals surface area contributed by atoms with Crippen LogP contribution < -0.4 is 5.73 Å². The zero-order valence-corrected chi connectivity index (χ0v) is 9.31. The molecule has 1 aromatic rings. The number of nitrogen functional groups attached to an aromatic ring is 1. The number of ketones is 1. The molecule has 0 saturated heterocycles. The van der Waals surface area contributed by atoms with E-state index in [9.17, 15) is 4.79 Å². The first kappa shape index (κ1) is 9.60. The van der Waals surface area contributed by atoms with Gasteiger partial charge in [0.15, 0.2) is 11.6 Å². The third-order valence-corrected chi connectivity index (χ3v) is 2.31. The maximum atomic E-state index is 10.9. The molecule has 0 aliphatic heterocycles. The van der Waals surface area contributed by atoms with Crippen molar-refractivity contribution in [1.29, 1.82) is 0 Å². The minimum absolute atomic E-state index is 0.173. The van der Waals surface area contributed by atoms with Crippen LogP contribution in [-0.4, -0.2) is 15.8 Å². The summed E-state index contributed by atoms with van der Waals surface area (Å²) >= 11 is 6.19. The van der Waals surface area contributed by atoms with E-state index in [1.165, 1.54) is 6.92 Å². The molecule has 0 aliphatic rings. The molecule has 12 heavy (non-hydrogen) atoms. The lowest BCUT2D eigenvalue weighted by Gasteiger charge is -2.01. The lowest BCUT2D eigenvalue weighted by molar-refractivity contribution is 0.101. The van der Waals surface area contributed by atoms with Gasteiger partial charge in [-0.05, 0) is 31.9 Å². The Morgan fingerprint density at radius 1 is 1.33 bits per heavy atom. The molecule has 0 radical (unpaired) electrons. The second kappa shape index (κ2) is 3.49. The fourth-order valence-corrected chi connectivity index (χ4v) is 1.68. The summed E-state index contributed by atoms with van der Waals surface area (Å²) in [5, 5.41) is 0. The number of carbonyl (C=O) groups is 1. The highest BCUT2D eigenvalue weighted by molar-refractivity contribution is 9.11. The van der Waals surface area contributed by atoms with Gasteiger partial charge < -0.3 is 5.73 Å². The van der Waals surface area contributed by atoms with Crippen molar-refractivity contribution >= 4 is 43.5 Å². The first-order valence-electron chi connectivity index (χ1n) is 3.02. The van der Waals surface area contributed by atoms with Crippen molar-refractivity contribution in [2.45, 2.75) is 6.92 Å². The van der Waals surface area contributed by atoms with Crippen molar-refractivity contribution in [3.8, 4) is 0 Å². The monoisotopic (exact) mass is 293 g/mol. The third-order valence-electron chi connectivity index (χ3n) is 1.17. The quantitative estimate of drug-likeness (QED) is 0.802. The number of Topliss-reactive ketones (excluding diaryl/α,β-unsaturated/α-hetero) is 1. The maximum Gasteiger partial charge on any atom is 0.180 e. The highest BCUT2D eigenvalue weighted by atomic mass is 79.9. The van der Waals surface area contributed by atoms with Gasteiger partial charge in [-0.1, -0.05) is 0 Å². The fraction of sp³-hybridized carbons (Fsp3) is 0.167. The first-order valence-corrected chi connectivity index (χ1v) is 4.60. The van der Waals surface area contributed by atoms with Crippen molar-refractivity contribution in [1.82, 2.24) is 9.97 Å². The number of halogens is 2. The summed E-state index contributed by atoms with van der Waals surface area (Å²) in [5.41, 5.74) is 5.68. The predicted octanol–water partition coefficient (Wildman–Crippen LogP) is 1.79. The van der Waals surface area contributed by atoms with Gasteiger partial charge in [0.25, 0.3) is 0 Å². The largest absolute Gasteiger partial charge is 0.381 e. The molecule has 1 rings (SSSR count). The molecule has 0 amide bonds. The Morgan fingerprint density at radius 3 is 2.42 bits per heavy atom. The molecule has 4 nitrogen and oxygen atoms in total. The smallest absolute Gasteiger partial charge is 0.180 e. The predicted molar refractivity (Wildman–Crippen MR) is 51.8 cm³/mol. The molecular formula is C6H5Br2N3O. The average molecular weight is 295 g/mol. The van der Waals surface area contributed by atoms with E-state index in [0.29, 0.717) is 9.21 Å². The Labute approximate surface area is 85.8 Å². The number of aromatic nitrogens is 2. The highest BCUT2D eigenvalue weighted by Gasteiger charge is 2.11. The molecule has 1 aromatic heterocycles. The van der Waals surface area contributed by atoms with Crippen LogP contribution >= 0.6 is 31.9 Å². The molecule has 6 heteroatoms. The molecule has 0 atom stereocenters. The van der Waals surface area contributed by atoms with Gasteiger partial charge in [-0.25, -0.2) is 9.97 Å². The molecule has 1 heterocycles. The first-order chi connectivity index (χ1) is 5.52. The maximum absolute atomic E-state index is 10.9. The SMILES string of the molecule is CC(=O)c1nc(N)c(Br)nc1Br. The van der Waals surface area contributed by atoms with Crippen LogP contribution in [0.25, 0.3) is 0 Å². The number of anilines is 1. The van der Waals surface area contributed by atoms with Crippen molar-refractivity contribution in [3.63, 3.8) is 0 Å². The lowest BCUT2D eigenvalue weighted by Crippen LogP contribution is -2.04. The van der Waals surface area contributed by atoms with Crippen LogP contribution in [0.4, 0.5) is 5.82 Å². The summed E-state index contributed by atoms with van der Waals surface area (Å²) in [7, 11) is 0. The molecule has 0 spiro atoms. The summed E-state index contributed by atoms with van der Waals surface area (Å²) in [4.78, 5) is 18.7. The zero-order chi connectivity index (χ0) is 9.30. The van der Waals surface area contributed by atoms with Crippen LogP contribution in [0.15, 0.2) is 9.21 Å². The summed E-state index contributed by atoms with van der Waals surface area (Å²) in [6.07, 6.45) is 0. The van der Waals surface area contributed by atoms with E-state index in [1.54, 1.807) is 0 Å². The van der Waals surface area contributed by atoms with Crippen LogP contribution in [0.2, 0.25) is 0 Å². The van der Waals surface area contributed by atoms with E-state index in [-0.39, 0.29) is 17.3 Å². The van der Waals surface area contributed by atoms with Crippen LogP contribution in [0.5, 0.6) is 0 Å². The summed E-state index contributed by atoms with van der Waals surface area (Å²) in [5.74, 6) is 0.0389. The van der Waals surface area contributed by atoms with Gasteiger partial charge in [0.1, 0.15) is 14.9 Å². The third kappa shape index (κ3) is 1.81. The van der Waals surface area contributed by atoms with E-state index in [2.05, 4.69) is 41.8 Å². The van der Waals surface area contributed by atoms with Crippen molar-refractivity contribution in [3.05, 3.63) is 14.9 Å². The molecule has 0 aliphatic carbocycles. The van der Waals surface area contributed by atoms with Crippen molar-refractivity contribution in [2.75, 3.05) is 5.73 Å². The number of nitrogens with two attached hydrogens (primary N) is 1. The van der Waals surface area contributed by atoms with Gasteiger partial charge in [-0.3, -0.25) is 4.79 Å². The standard InChI is InChI=1S/C6H5Br2N3O/c1-2(12)3-4(7)11-5(8)6(9)10-3/h1H3,(H2,9,10). The molecule has 2 N–H and O–H groups in total. The Balaban J connectivity index is 3.33. The average Bonchev–Trinajstić information content (AvgIpc) is 1.96. The van der Waals surface area contributed by atoms with Gasteiger partial charge >= 0.3 is 0 Å².